The summed E-state index contributed by atoms with van der Waals surface area (Å²) in [7, 11) is 0. The topological polar surface area (TPSA) is 55.3 Å². The van der Waals surface area contributed by atoms with E-state index in [1.54, 1.807) is 29.7 Å². The van der Waals surface area contributed by atoms with E-state index in [0.717, 1.165) is 24.4 Å². The van der Waals surface area contributed by atoms with Crippen molar-refractivity contribution in [2.75, 3.05) is 19.7 Å². The Morgan fingerprint density at radius 3 is 3.14 bits per heavy atom. The first-order chi connectivity index (χ1) is 10.8. The third kappa shape index (κ3) is 3.11. The smallest absolute Gasteiger partial charge is 0.259 e. The summed E-state index contributed by atoms with van der Waals surface area (Å²) in [5.74, 6) is 0.758. The normalized spacial score (nSPS) is 18.2. The van der Waals surface area contributed by atoms with Gasteiger partial charge in [-0.2, -0.15) is 0 Å². The first-order valence-electron chi connectivity index (χ1n) is 7.56. The number of rotatable bonds is 4. The van der Waals surface area contributed by atoms with Gasteiger partial charge in [0.05, 0.1) is 11.6 Å². The molecular weight excluding hydrogens is 298 g/mol. The first kappa shape index (κ1) is 15.0. The number of piperidine rings is 1. The molecule has 6 heteroatoms. The van der Waals surface area contributed by atoms with Gasteiger partial charge in [0.1, 0.15) is 5.56 Å². The monoisotopic (exact) mass is 317 g/mol. The maximum absolute atomic E-state index is 12.8. The zero-order valence-corrected chi connectivity index (χ0v) is 13.4. The van der Waals surface area contributed by atoms with Crippen LogP contribution in [0.5, 0.6) is 5.88 Å². The van der Waals surface area contributed by atoms with Crippen LogP contribution >= 0.6 is 11.3 Å². The fourth-order valence-electron chi connectivity index (χ4n) is 2.77. The van der Waals surface area contributed by atoms with Crippen LogP contribution in [0.15, 0.2) is 29.9 Å². The van der Waals surface area contributed by atoms with Crippen molar-refractivity contribution in [3.63, 3.8) is 0 Å². The van der Waals surface area contributed by atoms with Crippen LogP contribution < -0.4 is 4.74 Å². The Labute approximate surface area is 134 Å². The maximum atomic E-state index is 12.8. The molecule has 1 atom stereocenters. The van der Waals surface area contributed by atoms with Crippen molar-refractivity contribution in [1.29, 1.82) is 0 Å². The minimum absolute atomic E-state index is 0.00203. The molecule has 1 aliphatic rings. The molecule has 116 valence electrons. The zero-order valence-electron chi connectivity index (χ0n) is 12.6. The van der Waals surface area contributed by atoms with Crippen molar-refractivity contribution in [3.8, 4) is 5.88 Å². The van der Waals surface area contributed by atoms with Crippen LogP contribution in [0.4, 0.5) is 0 Å². The lowest BCUT2D eigenvalue weighted by Gasteiger charge is -2.32. The van der Waals surface area contributed by atoms with Crippen molar-refractivity contribution >= 4 is 17.2 Å². The van der Waals surface area contributed by atoms with Crippen LogP contribution in [-0.4, -0.2) is 40.5 Å². The molecule has 22 heavy (non-hydrogen) atoms. The average molecular weight is 317 g/mol. The largest absolute Gasteiger partial charge is 0.477 e. The van der Waals surface area contributed by atoms with Gasteiger partial charge in [-0.25, -0.2) is 9.97 Å². The predicted molar refractivity (Wildman–Crippen MR) is 85.4 cm³/mol. The highest BCUT2D eigenvalue weighted by molar-refractivity contribution is 7.09. The summed E-state index contributed by atoms with van der Waals surface area (Å²) in [6.45, 7) is 3.88. The molecule has 1 fully saturated rings. The van der Waals surface area contributed by atoms with Gasteiger partial charge in [-0.15, -0.1) is 11.3 Å². The number of hydrogen-bond donors (Lipinski definition) is 0. The molecule has 3 heterocycles. The zero-order chi connectivity index (χ0) is 15.4. The molecule has 0 radical (unpaired) electrons. The highest BCUT2D eigenvalue weighted by Crippen LogP contribution is 2.29. The molecule has 2 aromatic rings. The van der Waals surface area contributed by atoms with Gasteiger partial charge in [-0.05, 0) is 31.9 Å². The Kier molecular flexibility index (Phi) is 4.68. The van der Waals surface area contributed by atoms with Gasteiger partial charge in [0.2, 0.25) is 5.88 Å². The number of hydrogen-bond acceptors (Lipinski definition) is 5. The number of amides is 1. The van der Waals surface area contributed by atoms with E-state index in [2.05, 4.69) is 9.97 Å². The molecule has 2 aromatic heterocycles. The number of likely N-dealkylation sites (tertiary alicyclic amines) is 1. The van der Waals surface area contributed by atoms with Crippen molar-refractivity contribution in [2.45, 2.75) is 25.7 Å². The van der Waals surface area contributed by atoms with E-state index in [-0.39, 0.29) is 5.91 Å². The van der Waals surface area contributed by atoms with E-state index in [1.807, 2.05) is 23.4 Å². The van der Waals surface area contributed by atoms with Gasteiger partial charge in [-0.1, -0.05) is 0 Å². The van der Waals surface area contributed by atoms with Crippen LogP contribution in [0.2, 0.25) is 0 Å². The Morgan fingerprint density at radius 2 is 2.36 bits per heavy atom. The highest BCUT2D eigenvalue weighted by atomic mass is 32.1. The van der Waals surface area contributed by atoms with Crippen LogP contribution in [0, 0.1) is 0 Å². The Balaban J connectivity index is 1.77. The van der Waals surface area contributed by atoms with E-state index in [4.69, 9.17) is 4.74 Å². The molecule has 1 saturated heterocycles. The highest BCUT2D eigenvalue weighted by Gasteiger charge is 2.28. The van der Waals surface area contributed by atoms with E-state index in [1.165, 1.54) is 0 Å². The van der Waals surface area contributed by atoms with Crippen molar-refractivity contribution in [2.24, 2.45) is 0 Å². The van der Waals surface area contributed by atoms with Gasteiger partial charge in [0.25, 0.3) is 5.91 Å². The number of carbonyl (C=O) groups excluding carboxylic acids is 1. The lowest BCUT2D eigenvalue weighted by Crippen LogP contribution is -2.39. The molecule has 0 aliphatic carbocycles. The number of carbonyl (C=O) groups is 1. The summed E-state index contributed by atoms with van der Waals surface area (Å²) in [5.41, 5.74) is 0.545. The number of pyridine rings is 1. The third-order valence-electron chi connectivity index (χ3n) is 3.79. The van der Waals surface area contributed by atoms with Crippen molar-refractivity contribution < 1.29 is 9.53 Å². The Morgan fingerprint density at radius 1 is 1.45 bits per heavy atom. The first-order valence-corrected chi connectivity index (χ1v) is 8.44. The van der Waals surface area contributed by atoms with Crippen LogP contribution in [0.25, 0.3) is 0 Å². The summed E-state index contributed by atoms with van der Waals surface area (Å²) in [4.78, 5) is 23.3. The van der Waals surface area contributed by atoms with Gasteiger partial charge < -0.3 is 9.64 Å². The van der Waals surface area contributed by atoms with E-state index in [0.29, 0.717) is 30.5 Å². The molecular formula is C16H19N3O2S. The molecule has 0 aromatic carbocycles. The standard InChI is InChI=1S/C16H19N3O2S/c1-2-21-14-13(6-3-7-17-14)16(20)19-9-4-5-12(11-19)15-18-8-10-22-15/h3,6-8,10,12H,2,4-5,9,11H2,1H3/t12-/m0/s1. The minimum atomic E-state index is -0.00203. The fourth-order valence-corrected chi connectivity index (χ4v) is 3.54. The quantitative estimate of drug-likeness (QED) is 0.870. The summed E-state index contributed by atoms with van der Waals surface area (Å²) in [6.07, 6.45) is 5.56. The van der Waals surface area contributed by atoms with Gasteiger partial charge in [0, 0.05) is 36.8 Å². The predicted octanol–water partition coefficient (Wildman–Crippen LogP) is 2.96. The number of aromatic nitrogens is 2. The minimum Gasteiger partial charge on any atom is -0.477 e. The van der Waals surface area contributed by atoms with Crippen LogP contribution in [0.3, 0.4) is 0 Å². The second-order valence-corrected chi connectivity index (χ2v) is 6.18. The summed E-state index contributed by atoms with van der Waals surface area (Å²) in [6, 6.07) is 3.56. The van der Waals surface area contributed by atoms with E-state index >= 15 is 0 Å². The molecule has 5 nitrogen and oxygen atoms in total. The lowest BCUT2D eigenvalue weighted by atomic mass is 9.98. The van der Waals surface area contributed by atoms with Crippen molar-refractivity contribution in [3.05, 3.63) is 40.5 Å². The van der Waals surface area contributed by atoms with E-state index in [9.17, 15) is 4.79 Å². The second kappa shape index (κ2) is 6.87. The van der Waals surface area contributed by atoms with Gasteiger partial charge in [0.15, 0.2) is 0 Å². The number of thiazole rings is 1. The van der Waals surface area contributed by atoms with Crippen LogP contribution in [-0.2, 0) is 0 Å². The SMILES string of the molecule is CCOc1ncccc1C(=O)N1CCC[C@H](c2nccs2)C1. The maximum Gasteiger partial charge on any atom is 0.259 e. The molecule has 0 unspecified atom stereocenters. The molecule has 1 amide bonds. The molecule has 0 bridgehead atoms. The molecule has 0 spiro atoms. The molecule has 0 saturated carbocycles. The van der Waals surface area contributed by atoms with Crippen LogP contribution in [0.1, 0.15) is 41.0 Å². The van der Waals surface area contributed by atoms with E-state index < -0.39 is 0 Å². The number of ether oxygens (including phenoxy) is 1. The van der Waals surface area contributed by atoms with Gasteiger partial charge in [-0.3, -0.25) is 4.79 Å². The number of nitrogens with zero attached hydrogens (tertiary/aromatic N) is 3. The third-order valence-corrected chi connectivity index (χ3v) is 4.73. The van der Waals surface area contributed by atoms with Crippen molar-refractivity contribution in [1.82, 2.24) is 14.9 Å². The molecule has 3 rings (SSSR count). The summed E-state index contributed by atoms with van der Waals surface area (Å²) in [5, 5.41) is 3.11. The molecule has 0 N–H and O–H groups in total. The second-order valence-electron chi connectivity index (χ2n) is 5.25. The van der Waals surface area contributed by atoms with Gasteiger partial charge >= 0.3 is 0 Å². The average Bonchev–Trinajstić information content (AvgIpc) is 3.10. The Hall–Kier alpha value is -1.95. The lowest BCUT2D eigenvalue weighted by molar-refractivity contribution is 0.0702. The molecule has 1 aliphatic heterocycles. The Bertz CT molecular complexity index is 630. The fraction of sp³-hybridized carbons (Fsp3) is 0.438. The summed E-state index contributed by atoms with van der Waals surface area (Å²) < 4.78 is 5.48. The summed E-state index contributed by atoms with van der Waals surface area (Å²) >= 11 is 1.66.